The molecule has 2 N–H and O–H groups in total. The van der Waals surface area contributed by atoms with Gasteiger partial charge in [0.1, 0.15) is 0 Å². The Bertz CT molecular complexity index is 359. The number of hydrogen-bond donors (Lipinski definition) is 2. The molecule has 2 nitrogen and oxygen atoms in total. The fraction of sp³-hybridized carbons (Fsp3) is 0.0769. The van der Waals surface area contributed by atoms with E-state index >= 15 is 0 Å². The van der Waals surface area contributed by atoms with E-state index in [2.05, 4.69) is 29.1 Å². The maximum absolute atomic E-state index is 3.10. The summed E-state index contributed by atoms with van der Waals surface area (Å²) in [5, 5.41) is 0. The molecule has 0 radical (unpaired) electrons. The Morgan fingerprint density at radius 1 is 1.00 bits per heavy atom. The fourth-order valence-electron chi connectivity index (χ4n) is 1.44. The summed E-state index contributed by atoms with van der Waals surface area (Å²) in [6.07, 6.45) is 4.01. The van der Waals surface area contributed by atoms with Crippen LogP contribution in [-0.2, 0) is 17.1 Å². The van der Waals surface area contributed by atoms with Gasteiger partial charge in [-0.3, -0.25) is 0 Å². The van der Waals surface area contributed by atoms with Gasteiger partial charge >= 0.3 is 17.1 Å². The molecule has 0 aromatic heterocycles. The molecule has 3 rings (SSSR count). The third-order valence-corrected chi connectivity index (χ3v) is 2.21. The van der Waals surface area contributed by atoms with E-state index in [-0.39, 0.29) is 17.1 Å². The Labute approximate surface area is 107 Å². The van der Waals surface area contributed by atoms with Crippen molar-refractivity contribution in [2.45, 2.75) is 6.04 Å². The summed E-state index contributed by atoms with van der Waals surface area (Å²) in [4.78, 5) is 0. The SMILES string of the molecule is C1=CC([c-]2cccc2)NN1.[Fe+2].c1cc[cH-]c1. The summed E-state index contributed by atoms with van der Waals surface area (Å²) >= 11 is 0. The van der Waals surface area contributed by atoms with Gasteiger partial charge in [-0.2, -0.15) is 30.3 Å². The van der Waals surface area contributed by atoms with Gasteiger partial charge in [0.05, 0.1) is 0 Å². The topological polar surface area (TPSA) is 24.1 Å². The molecule has 0 spiro atoms. The second-order valence-corrected chi connectivity index (χ2v) is 3.31. The molecular formula is C13H14FeN2. The maximum atomic E-state index is 3.10. The minimum absolute atomic E-state index is 0. The van der Waals surface area contributed by atoms with Gasteiger partial charge in [0.15, 0.2) is 0 Å². The van der Waals surface area contributed by atoms with Crippen molar-refractivity contribution >= 4 is 0 Å². The van der Waals surface area contributed by atoms with Crippen molar-refractivity contribution in [3.8, 4) is 0 Å². The molecule has 0 fully saturated rings. The van der Waals surface area contributed by atoms with E-state index in [1.165, 1.54) is 5.56 Å². The van der Waals surface area contributed by atoms with Gasteiger partial charge in [-0.15, -0.1) is 5.56 Å². The van der Waals surface area contributed by atoms with Crippen LogP contribution in [-0.4, -0.2) is 0 Å². The second-order valence-electron chi connectivity index (χ2n) is 3.31. The van der Waals surface area contributed by atoms with Crippen LogP contribution in [0.3, 0.4) is 0 Å². The Kier molecular flexibility index (Phi) is 5.65. The maximum Gasteiger partial charge on any atom is 2.00 e. The predicted octanol–water partition coefficient (Wildman–Crippen LogP) is 2.47. The molecule has 16 heavy (non-hydrogen) atoms. The van der Waals surface area contributed by atoms with Crippen LogP contribution in [0.2, 0.25) is 0 Å². The summed E-state index contributed by atoms with van der Waals surface area (Å²) in [7, 11) is 0. The first-order valence-corrected chi connectivity index (χ1v) is 5.03. The molecule has 0 bridgehead atoms. The summed E-state index contributed by atoms with van der Waals surface area (Å²) in [5.41, 5.74) is 7.33. The van der Waals surface area contributed by atoms with Crippen molar-refractivity contribution in [3.63, 3.8) is 0 Å². The zero-order valence-corrected chi connectivity index (χ0v) is 9.89. The Morgan fingerprint density at radius 2 is 1.69 bits per heavy atom. The van der Waals surface area contributed by atoms with Gasteiger partial charge < -0.3 is 5.43 Å². The van der Waals surface area contributed by atoms with Crippen molar-refractivity contribution < 1.29 is 17.1 Å². The van der Waals surface area contributed by atoms with Crippen molar-refractivity contribution in [3.05, 3.63) is 72.4 Å². The van der Waals surface area contributed by atoms with E-state index in [9.17, 15) is 0 Å². The van der Waals surface area contributed by atoms with Crippen molar-refractivity contribution in [1.82, 2.24) is 10.9 Å². The van der Waals surface area contributed by atoms with Crippen LogP contribution >= 0.6 is 0 Å². The van der Waals surface area contributed by atoms with Crippen LogP contribution < -0.4 is 10.9 Å². The minimum Gasteiger partial charge on any atom is -0.329 e. The predicted molar refractivity (Wildman–Crippen MR) is 62.2 cm³/mol. The second kappa shape index (κ2) is 7.07. The molecule has 1 atom stereocenters. The zero-order chi connectivity index (χ0) is 10.3. The first kappa shape index (κ1) is 12.8. The largest absolute Gasteiger partial charge is 2.00 e. The molecule has 0 saturated heterocycles. The van der Waals surface area contributed by atoms with Crippen LogP contribution in [0.1, 0.15) is 11.6 Å². The summed E-state index contributed by atoms with van der Waals surface area (Å²) < 4.78 is 0. The van der Waals surface area contributed by atoms with E-state index in [0.717, 1.165) is 0 Å². The Balaban J connectivity index is 0.000000183. The number of hydrogen-bond acceptors (Lipinski definition) is 2. The summed E-state index contributed by atoms with van der Waals surface area (Å²) in [6.45, 7) is 0. The monoisotopic (exact) mass is 254 g/mol. The van der Waals surface area contributed by atoms with Crippen molar-refractivity contribution in [2.75, 3.05) is 0 Å². The molecule has 1 unspecified atom stereocenters. The number of rotatable bonds is 1. The molecule has 1 heterocycles. The van der Waals surface area contributed by atoms with Gasteiger partial charge in [0, 0.05) is 12.2 Å². The van der Waals surface area contributed by atoms with E-state index in [1.807, 2.05) is 48.7 Å². The van der Waals surface area contributed by atoms with E-state index in [1.54, 1.807) is 0 Å². The average Bonchev–Trinajstić information content (AvgIpc) is 3.06. The molecule has 3 heteroatoms. The van der Waals surface area contributed by atoms with Crippen molar-refractivity contribution in [2.24, 2.45) is 0 Å². The summed E-state index contributed by atoms with van der Waals surface area (Å²) in [5.74, 6) is 0. The first-order chi connectivity index (χ1) is 7.47. The van der Waals surface area contributed by atoms with Crippen LogP contribution in [0, 0.1) is 0 Å². The van der Waals surface area contributed by atoms with Crippen LogP contribution in [0.15, 0.2) is 66.9 Å². The van der Waals surface area contributed by atoms with Gasteiger partial charge in [-0.25, -0.2) is 29.7 Å². The van der Waals surface area contributed by atoms with Crippen LogP contribution in [0.25, 0.3) is 0 Å². The molecule has 0 aliphatic carbocycles. The van der Waals surface area contributed by atoms with Gasteiger partial charge in [-0.05, 0) is 0 Å². The smallest absolute Gasteiger partial charge is 0.329 e. The molecule has 1 aliphatic rings. The number of hydrazine groups is 1. The van der Waals surface area contributed by atoms with Gasteiger partial charge in [0.2, 0.25) is 0 Å². The van der Waals surface area contributed by atoms with Crippen molar-refractivity contribution in [1.29, 1.82) is 0 Å². The molecule has 84 valence electrons. The van der Waals surface area contributed by atoms with E-state index in [0.29, 0.717) is 6.04 Å². The Hall–Kier alpha value is -1.28. The zero-order valence-electron chi connectivity index (χ0n) is 8.78. The molecular weight excluding hydrogens is 240 g/mol. The fourth-order valence-corrected chi connectivity index (χ4v) is 1.44. The van der Waals surface area contributed by atoms with Gasteiger partial charge in [0.25, 0.3) is 0 Å². The van der Waals surface area contributed by atoms with Crippen LogP contribution in [0.5, 0.6) is 0 Å². The normalized spacial score (nSPS) is 16.9. The molecule has 0 amide bonds. The standard InChI is InChI=1S/C8H9N2.C5H5.Fe/c1-2-4-7(3-1)8-5-6-9-10-8;1-2-4-5-3-1;/h1-6,8-10H;1-5H;/q2*-1;+2. The number of nitrogens with one attached hydrogen (secondary N) is 2. The third-order valence-electron chi connectivity index (χ3n) is 2.21. The molecule has 1 aliphatic heterocycles. The molecule has 0 saturated carbocycles. The molecule has 2 aromatic rings. The van der Waals surface area contributed by atoms with E-state index < -0.39 is 0 Å². The minimum atomic E-state index is 0. The quantitative estimate of drug-likeness (QED) is 0.603. The third kappa shape index (κ3) is 3.70. The first-order valence-electron chi connectivity index (χ1n) is 5.03. The van der Waals surface area contributed by atoms with Gasteiger partial charge in [-0.1, -0.05) is 6.08 Å². The average molecular weight is 254 g/mol. The van der Waals surface area contributed by atoms with Crippen LogP contribution in [0.4, 0.5) is 0 Å². The molecule has 2 aromatic carbocycles. The Morgan fingerprint density at radius 3 is 2.12 bits per heavy atom. The summed E-state index contributed by atoms with van der Waals surface area (Å²) in [6, 6.07) is 18.7. The van der Waals surface area contributed by atoms with E-state index in [4.69, 9.17) is 0 Å².